The Labute approximate surface area is 169 Å². The quantitative estimate of drug-likeness (QED) is 0.315. The van der Waals surface area contributed by atoms with Gasteiger partial charge in [0.2, 0.25) is 0 Å². The average molecular weight is 434 g/mol. The van der Waals surface area contributed by atoms with Crippen LogP contribution in [0.15, 0.2) is 30.3 Å². The molecule has 0 bridgehead atoms. The number of benzene rings is 2. The number of carbonyl (C=O) groups is 1. The second-order valence-electron chi connectivity index (χ2n) is 7.41. The molecule has 0 heterocycles. The maximum Gasteiger partial charge on any atom is 0.573 e. The minimum Gasteiger partial charge on any atom is -0.426 e. The van der Waals surface area contributed by atoms with E-state index in [1.807, 2.05) is 6.92 Å². The molecule has 3 nitrogen and oxygen atoms in total. The summed E-state index contributed by atoms with van der Waals surface area (Å²) in [5.74, 6) is -5.06. The summed E-state index contributed by atoms with van der Waals surface area (Å²) in [5, 5.41) is -0.0593. The van der Waals surface area contributed by atoms with Crippen molar-refractivity contribution < 1.29 is 40.6 Å². The topological polar surface area (TPSA) is 35.5 Å². The summed E-state index contributed by atoms with van der Waals surface area (Å²) in [6, 6.07) is 5.40. The zero-order valence-electron chi connectivity index (χ0n) is 16.0. The minimum atomic E-state index is -5.05. The summed E-state index contributed by atoms with van der Waals surface area (Å²) < 4.78 is 88.8. The van der Waals surface area contributed by atoms with Crippen molar-refractivity contribution in [1.29, 1.82) is 0 Å². The fourth-order valence-corrected chi connectivity index (χ4v) is 3.89. The fourth-order valence-electron chi connectivity index (χ4n) is 3.89. The molecule has 0 amide bonds. The molecule has 1 aliphatic rings. The number of carbonyl (C=O) groups excluding carboxylic acids is 1. The van der Waals surface area contributed by atoms with E-state index in [9.17, 15) is 31.1 Å². The van der Waals surface area contributed by atoms with Crippen LogP contribution in [0.4, 0.5) is 26.3 Å². The average Bonchev–Trinajstić information content (AvgIpc) is 2.63. The second-order valence-corrected chi connectivity index (χ2v) is 7.41. The number of halogens is 6. The van der Waals surface area contributed by atoms with Crippen molar-refractivity contribution >= 4 is 16.7 Å². The first-order chi connectivity index (χ1) is 14.1. The second kappa shape index (κ2) is 8.73. The van der Waals surface area contributed by atoms with Gasteiger partial charge in [0, 0.05) is 5.39 Å². The Bertz CT molecular complexity index is 901. The normalized spacial score (nSPS) is 24.6. The molecule has 0 spiro atoms. The largest absolute Gasteiger partial charge is 0.573 e. The van der Waals surface area contributed by atoms with Crippen molar-refractivity contribution in [3.05, 3.63) is 36.1 Å². The SMILES string of the molecule is CCCC1CC(F)C(C(=O)Oc2ccc3c(F)c(OC(F)(F)F)ccc3c2)C(F)C1. The molecule has 9 heteroatoms. The fraction of sp³-hybridized carbons (Fsp3) is 0.476. The van der Waals surface area contributed by atoms with Gasteiger partial charge < -0.3 is 9.47 Å². The Kier molecular flexibility index (Phi) is 6.47. The van der Waals surface area contributed by atoms with Crippen molar-refractivity contribution in [3.8, 4) is 11.5 Å². The molecule has 0 aliphatic heterocycles. The Morgan fingerprint density at radius 3 is 2.37 bits per heavy atom. The maximum atomic E-state index is 14.4. The van der Waals surface area contributed by atoms with Crippen LogP contribution < -0.4 is 9.47 Å². The molecule has 1 fully saturated rings. The number of hydrogen-bond acceptors (Lipinski definition) is 3. The zero-order chi connectivity index (χ0) is 22.1. The first-order valence-electron chi connectivity index (χ1n) is 9.57. The lowest BCUT2D eigenvalue weighted by Crippen LogP contribution is -2.42. The lowest BCUT2D eigenvalue weighted by atomic mass is 9.77. The lowest BCUT2D eigenvalue weighted by molar-refractivity contribution is -0.275. The highest BCUT2D eigenvalue weighted by Crippen LogP contribution is 2.37. The van der Waals surface area contributed by atoms with Crippen LogP contribution in [-0.2, 0) is 4.79 Å². The van der Waals surface area contributed by atoms with Crippen LogP contribution in [0.1, 0.15) is 32.6 Å². The zero-order valence-corrected chi connectivity index (χ0v) is 16.0. The molecule has 2 aromatic rings. The van der Waals surface area contributed by atoms with Crippen molar-refractivity contribution in [2.45, 2.75) is 51.3 Å². The summed E-state index contributed by atoms with van der Waals surface area (Å²) in [6.07, 6.45) is -6.75. The van der Waals surface area contributed by atoms with Crippen LogP contribution in [0, 0.1) is 17.7 Å². The number of ether oxygens (including phenoxy) is 2. The molecule has 0 saturated heterocycles. The smallest absolute Gasteiger partial charge is 0.426 e. The van der Waals surface area contributed by atoms with E-state index in [2.05, 4.69) is 4.74 Å². The minimum absolute atomic E-state index is 0.0823. The van der Waals surface area contributed by atoms with Gasteiger partial charge in [-0.1, -0.05) is 25.8 Å². The van der Waals surface area contributed by atoms with Crippen molar-refractivity contribution in [3.63, 3.8) is 0 Å². The van der Waals surface area contributed by atoms with Crippen molar-refractivity contribution in [1.82, 2.24) is 0 Å². The number of esters is 1. The highest BCUT2D eigenvalue weighted by molar-refractivity contribution is 5.87. The van der Waals surface area contributed by atoms with Crippen LogP contribution in [0.25, 0.3) is 10.8 Å². The van der Waals surface area contributed by atoms with Gasteiger partial charge in [-0.15, -0.1) is 13.2 Å². The first kappa shape index (κ1) is 22.2. The third-order valence-corrected chi connectivity index (χ3v) is 5.20. The summed E-state index contributed by atoms with van der Waals surface area (Å²) in [4.78, 5) is 12.3. The molecule has 2 atom stereocenters. The van der Waals surface area contributed by atoms with Gasteiger partial charge in [0.1, 0.15) is 24.0 Å². The molecule has 2 unspecified atom stereocenters. The third kappa shape index (κ3) is 4.99. The Morgan fingerprint density at radius 1 is 1.10 bits per heavy atom. The molecule has 164 valence electrons. The maximum absolute atomic E-state index is 14.4. The number of rotatable bonds is 5. The van der Waals surface area contributed by atoms with E-state index in [0.717, 1.165) is 30.7 Å². The van der Waals surface area contributed by atoms with Gasteiger partial charge in [0.05, 0.1) is 0 Å². The van der Waals surface area contributed by atoms with E-state index in [1.165, 1.54) is 6.07 Å². The van der Waals surface area contributed by atoms with Gasteiger partial charge in [0.15, 0.2) is 11.6 Å². The van der Waals surface area contributed by atoms with E-state index in [-0.39, 0.29) is 35.3 Å². The van der Waals surface area contributed by atoms with E-state index in [0.29, 0.717) is 6.42 Å². The van der Waals surface area contributed by atoms with Gasteiger partial charge in [-0.3, -0.25) is 4.79 Å². The Balaban J connectivity index is 1.76. The summed E-state index contributed by atoms with van der Waals surface area (Å²) in [6.45, 7) is 1.92. The number of alkyl halides is 5. The molecule has 30 heavy (non-hydrogen) atoms. The molecule has 0 radical (unpaired) electrons. The molecular formula is C21H20F6O3. The summed E-state index contributed by atoms with van der Waals surface area (Å²) in [5.41, 5.74) is 0. The standard InChI is InChI=1S/C21H20F6O3/c1-2-3-11-8-15(22)18(16(23)9-11)20(28)29-13-5-6-14-12(10-13)4-7-17(19(14)24)30-21(25,26)27/h4-7,10-11,15-16,18H,2-3,8-9H2,1H3. The van der Waals surface area contributed by atoms with Crippen LogP contribution in [0.5, 0.6) is 11.5 Å². The highest BCUT2D eigenvalue weighted by atomic mass is 19.4. The number of hydrogen-bond donors (Lipinski definition) is 0. The van der Waals surface area contributed by atoms with Gasteiger partial charge in [-0.25, -0.2) is 13.2 Å². The predicted molar refractivity (Wildman–Crippen MR) is 97.1 cm³/mol. The van der Waals surface area contributed by atoms with Gasteiger partial charge in [0.25, 0.3) is 0 Å². The van der Waals surface area contributed by atoms with Gasteiger partial charge in [-0.2, -0.15) is 0 Å². The lowest BCUT2D eigenvalue weighted by Gasteiger charge is -2.33. The van der Waals surface area contributed by atoms with Gasteiger partial charge in [-0.05, 0) is 48.4 Å². The summed E-state index contributed by atoms with van der Waals surface area (Å²) in [7, 11) is 0. The van der Waals surface area contributed by atoms with Gasteiger partial charge >= 0.3 is 12.3 Å². The summed E-state index contributed by atoms with van der Waals surface area (Å²) >= 11 is 0. The molecule has 1 saturated carbocycles. The molecule has 2 aromatic carbocycles. The molecule has 3 rings (SSSR count). The first-order valence-corrected chi connectivity index (χ1v) is 9.57. The third-order valence-electron chi connectivity index (χ3n) is 5.20. The molecule has 0 N–H and O–H groups in total. The molecule has 1 aliphatic carbocycles. The van der Waals surface area contributed by atoms with Crippen LogP contribution >= 0.6 is 0 Å². The van der Waals surface area contributed by atoms with E-state index < -0.39 is 42.2 Å². The van der Waals surface area contributed by atoms with Crippen LogP contribution in [0.3, 0.4) is 0 Å². The molecule has 0 aromatic heterocycles. The number of fused-ring (bicyclic) bond motifs is 1. The monoisotopic (exact) mass is 434 g/mol. The predicted octanol–water partition coefficient (Wildman–Crippen LogP) is 6.29. The Morgan fingerprint density at radius 2 is 1.77 bits per heavy atom. The molecular weight excluding hydrogens is 414 g/mol. The van der Waals surface area contributed by atoms with Crippen molar-refractivity contribution in [2.75, 3.05) is 0 Å². The van der Waals surface area contributed by atoms with Crippen LogP contribution in [0.2, 0.25) is 0 Å². The highest BCUT2D eigenvalue weighted by Gasteiger charge is 2.43. The van der Waals surface area contributed by atoms with E-state index in [1.54, 1.807) is 0 Å². The van der Waals surface area contributed by atoms with E-state index >= 15 is 0 Å². The van der Waals surface area contributed by atoms with Crippen molar-refractivity contribution in [2.24, 2.45) is 11.8 Å². The Hall–Kier alpha value is -2.45. The van der Waals surface area contributed by atoms with Crippen LogP contribution in [-0.4, -0.2) is 24.7 Å². The van der Waals surface area contributed by atoms with E-state index in [4.69, 9.17) is 4.74 Å².